The molecule has 3 rings (SSSR count). The molecule has 41 heavy (non-hydrogen) atoms. The Morgan fingerprint density at radius 3 is 2.66 bits per heavy atom. The maximum atomic E-state index is 13.3. The normalized spacial score (nSPS) is 31.7. The number of ketones is 1. The number of epoxide rings is 1. The predicted octanol–water partition coefficient (Wildman–Crippen LogP) is 5.01. The van der Waals surface area contributed by atoms with E-state index in [2.05, 4.69) is 4.98 Å². The topological polar surface area (TPSA) is 136 Å². The number of unbranched alkanes of at least 4 members (excludes halogenated alkanes) is 1. The Hall–Kier alpha value is -2.14. The van der Waals surface area contributed by atoms with Crippen LogP contribution in [0.3, 0.4) is 0 Å². The molecule has 2 fully saturated rings. The van der Waals surface area contributed by atoms with Crippen LogP contribution in [0.4, 0.5) is 0 Å². The number of carbonyl (C=O) groups is 3. The van der Waals surface area contributed by atoms with Crippen molar-refractivity contribution in [2.75, 3.05) is 0 Å². The number of hydrogen-bond acceptors (Lipinski definition) is 10. The maximum Gasteiger partial charge on any atom is 0.309 e. The fraction of sp³-hybridized carbons (Fsp3) is 0.742. The summed E-state index contributed by atoms with van der Waals surface area (Å²) in [6.07, 6.45) is 3.82. The monoisotopic (exact) mass is 593 g/mol. The molecule has 0 unspecified atom stereocenters. The average molecular weight is 594 g/mol. The van der Waals surface area contributed by atoms with Gasteiger partial charge in [0.1, 0.15) is 23.5 Å². The van der Waals surface area contributed by atoms with Crippen LogP contribution in [0.15, 0.2) is 11.0 Å². The van der Waals surface area contributed by atoms with Crippen molar-refractivity contribution >= 4 is 35.1 Å². The molecule has 7 atom stereocenters. The molecule has 0 aromatic carbocycles. The van der Waals surface area contributed by atoms with Gasteiger partial charge in [-0.2, -0.15) is 0 Å². The van der Waals surface area contributed by atoms with E-state index in [9.17, 15) is 24.6 Å². The first-order chi connectivity index (χ1) is 19.3. The standard InChI is InChI=1S/C31H47NO8S/c1-7-8-12-27(34)38-16-26-32-21(17-41-26)13-19(3)23-14-24-22(39-24)11-9-10-18(2)29(36)20(4)30(37)31(5,6)25(33)15-28(35)40-23/h13,17-18,20,22-25,29,33,36H,7-12,14-16H2,1-6H3/t18-,20+,22+,23-,24+,25-,29-/m1/s1. The Morgan fingerprint density at radius 2 is 1.95 bits per heavy atom. The van der Waals surface area contributed by atoms with E-state index in [1.54, 1.807) is 20.8 Å². The Morgan fingerprint density at radius 1 is 1.22 bits per heavy atom. The third-order valence-corrected chi connectivity index (χ3v) is 9.28. The largest absolute Gasteiger partial charge is 0.458 e. The van der Waals surface area contributed by atoms with Gasteiger partial charge in [-0.3, -0.25) is 14.4 Å². The molecule has 1 aromatic heterocycles. The second-order valence-electron chi connectivity index (χ2n) is 12.2. The van der Waals surface area contributed by atoms with Crippen LogP contribution in [0, 0.1) is 17.3 Å². The van der Waals surface area contributed by atoms with Crippen LogP contribution < -0.4 is 0 Å². The third-order valence-electron chi connectivity index (χ3n) is 8.44. The number of Topliss-reactive ketones (excluding diaryl/α,β-unsaturated/α-hetero) is 1. The van der Waals surface area contributed by atoms with Crippen molar-refractivity contribution in [1.82, 2.24) is 4.98 Å². The van der Waals surface area contributed by atoms with Gasteiger partial charge in [0.15, 0.2) is 0 Å². The van der Waals surface area contributed by atoms with Crippen LogP contribution in [0.2, 0.25) is 0 Å². The van der Waals surface area contributed by atoms with Crippen molar-refractivity contribution in [3.05, 3.63) is 21.7 Å². The lowest BCUT2D eigenvalue weighted by atomic mass is 9.73. The van der Waals surface area contributed by atoms with E-state index < -0.39 is 35.6 Å². The minimum Gasteiger partial charge on any atom is -0.458 e. The minimum absolute atomic E-state index is 0.0538. The van der Waals surface area contributed by atoms with Gasteiger partial charge < -0.3 is 24.4 Å². The van der Waals surface area contributed by atoms with Crippen molar-refractivity contribution in [2.45, 2.75) is 130 Å². The summed E-state index contributed by atoms with van der Waals surface area (Å²) in [5, 5.41) is 24.3. The number of nitrogens with zero attached hydrogens (tertiary/aromatic N) is 1. The van der Waals surface area contributed by atoms with Gasteiger partial charge in [0.05, 0.1) is 41.9 Å². The van der Waals surface area contributed by atoms with Gasteiger partial charge >= 0.3 is 11.9 Å². The second-order valence-corrected chi connectivity index (χ2v) is 13.2. The summed E-state index contributed by atoms with van der Waals surface area (Å²) < 4.78 is 17.1. The van der Waals surface area contributed by atoms with Gasteiger partial charge in [0.2, 0.25) is 0 Å². The number of hydrogen-bond donors (Lipinski definition) is 2. The number of aliphatic hydroxyl groups excluding tert-OH is 2. The van der Waals surface area contributed by atoms with Crippen molar-refractivity contribution in [3.63, 3.8) is 0 Å². The van der Waals surface area contributed by atoms with E-state index in [4.69, 9.17) is 14.2 Å². The van der Waals surface area contributed by atoms with E-state index >= 15 is 0 Å². The summed E-state index contributed by atoms with van der Waals surface area (Å²) in [4.78, 5) is 42.7. The van der Waals surface area contributed by atoms with E-state index in [0.29, 0.717) is 23.5 Å². The summed E-state index contributed by atoms with van der Waals surface area (Å²) in [6, 6.07) is 0. The number of esters is 2. The fourth-order valence-electron chi connectivity index (χ4n) is 5.33. The number of thiazole rings is 1. The molecule has 230 valence electrons. The molecule has 2 N–H and O–H groups in total. The van der Waals surface area contributed by atoms with Crippen LogP contribution in [0.5, 0.6) is 0 Å². The zero-order valence-corrected chi connectivity index (χ0v) is 26.1. The summed E-state index contributed by atoms with van der Waals surface area (Å²) in [6.45, 7) is 10.8. The molecule has 2 saturated heterocycles. The number of aliphatic hydroxyl groups is 2. The van der Waals surface area contributed by atoms with Crippen LogP contribution >= 0.6 is 11.3 Å². The third kappa shape index (κ3) is 9.43. The summed E-state index contributed by atoms with van der Waals surface area (Å²) >= 11 is 1.39. The smallest absolute Gasteiger partial charge is 0.309 e. The highest BCUT2D eigenvalue weighted by Crippen LogP contribution is 2.36. The van der Waals surface area contributed by atoms with E-state index in [1.807, 2.05) is 32.2 Å². The number of rotatable bonds is 7. The molecule has 1 aromatic rings. The zero-order chi connectivity index (χ0) is 30.3. The average Bonchev–Trinajstić information content (AvgIpc) is 3.51. The maximum absolute atomic E-state index is 13.3. The lowest BCUT2D eigenvalue weighted by Gasteiger charge is -2.34. The van der Waals surface area contributed by atoms with Crippen LogP contribution in [-0.4, -0.2) is 63.4 Å². The Bertz CT molecular complexity index is 1080. The molecule has 3 heterocycles. The van der Waals surface area contributed by atoms with Crippen molar-refractivity contribution in [1.29, 1.82) is 0 Å². The number of fused-ring (bicyclic) bond motifs is 1. The molecule has 2 aliphatic heterocycles. The van der Waals surface area contributed by atoms with Crippen LogP contribution in [0.1, 0.15) is 104 Å². The number of carbonyl (C=O) groups excluding carboxylic acids is 3. The highest BCUT2D eigenvalue weighted by molar-refractivity contribution is 7.09. The molecule has 0 radical (unpaired) electrons. The molecule has 0 saturated carbocycles. The molecular weight excluding hydrogens is 546 g/mol. The molecule has 0 bridgehead atoms. The molecule has 10 heteroatoms. The van der Waals surface area contributed by atoms with Crippen LogP contribution in [0.25, 0.3) is 6.08 Å². The lowest BCUT2D eigenvalue weighted by Crippen LogP contribution is -2.45. The number of cyclic esters (lactones) is 1. The molecule has 9 nitrogen and oxygen atoms in total. The second kappa shape index (κ2) is 14.8. The first-order valence-corrected chi connectivity index (χ1v) is 15.7. The predicted molar refractivity (Wildman–Crippen MR) is 156 cm³/mol. The van der Waals surface area contributed by atoms with Gasteiger partial charge in [0, 0.05) is 24.1 Å². The van der Waals surface area contributed by atoms with E-state index in [0.717, 1.165) is 37.7 Å². The molecule has 0 amide bonds. The van der Waals surface area contributed by atoms with Crippen molar-refractivity contribution < 1.29 is 38.8 Å². The Kier molecular flexibility index (Phi) is 12.1. The van der Waals surface area contributed by atoms with Crippen LogP contribution in [-0.2, 0) is 35.2 Å². The molecular formula is C31H47NO8S. The van der Waals surface area contributed by atoms with E-state index in [-0.39, 0.29) is 42.9 Å². The first-order valence-electron chi connectivity index (χ1n) is 14.9. The number of aromatic nitrogens is 1. The highest BCUT2D eigenvalue weighted by Gasteiger charge is 2.44. The van der Waals surface area contributed by atoms with Gasteiger partial charge in [0.25, 0.3) is 0 Å². The molecule has 2 aliphatic rings. The van der Waals surface area contributed by atoms with Gasteiger partial charge in [-0.25, -0.2) is 4.98 Å². The Labute approximate surface area is 247 Å². The quantitative estimate of drug-likeness (QED) is 0.330. The first kappa shape index (κ1) is 33.4. The van der Waals surface area contributed by atoms with Gasteiger partial charge in [-0.15, -0.1) is 11.3 Å². The minimum atomic E-state index is -1.27. The SMILES string of the molecule is CCCCC(=O)OCc1nc(C=C(C)[C@H]2C[C@@H]3O[C@H]3CCC[C@@H](C)[C@@H](O)[C@H](C)C(=O)C(C)(C)[C@H](O)CC(=O)O2)cs1. The molecule has 0 aliphatic carbocycles. The van der Waals surface area contributed by atoms with Gasteiger partial charge in [-0.05, 0) is 43.8 Å². The summed E-state index contributed by atoms with van der Waals surface area (Å²) in [5.41, 5.74) is 0.218. The Balaban J connectivity index is 1.74. The summed E-state index contributed by atoms with van der Waals surface area (Å²) in [7, 11) is 0. The zero-order valence-electron chi connectivity index (χ0n) is 25.3. The number of ether oxygens (including phenoxy) is 3. The molecule has 0 spiro atoms. The van der Waals surface area contributed by atoms with Gasteiger partial charge in [-0.1, -0.05) is 47.5 Å². The van der Waals surface area contributed by atoms with Crippen molar-refractivity contribution in [2.24, 2.45) is 17.3 Å². The van der Waals surface area contributed by atoms with Crippen molar-refractivity contribution in [3.8, 4) is 0 Å². The fourth-order valence-corrected chi connectivity index (χ4v) is 5.99. The lowest BCUT2D eigenvalue weighted by molar-refractivity contribution is -0.154. The van der Waals surface area contributed by atoms with E-state index in [1.165, 1.54) is 11.3 Å². The highest BCUT2D eigenvalue weighted by atomic mass is 32.1. The summed E-state index contributed by atoms with van der Waals surface area (Å²) in [5.74, 6) is -1.89.